The Hall–Kier alpha value is -1.33. The van der Waals surface area contributed by atoms with E-state index in [1.165, 1.54) is 17.1 Å². The van der Waals surface area contributed by atoms with Gasteiger partial charge in [-0.15, -0.1) is 23.1 Å². The molecule has 3 nitrogen and oxygen atoms in total. The number of rotatable bonds is 6. The molecular weight excluding hydrogens is 274 g/mol. The Labute approximate surface area is 122 Å². The maximum Gasteiger partial charge on any atom is 0.203 e. The lowest BCUT2D eigenvalue weighted by Gasteiger charge is -2.00. The molecule has 0 aliphatic heterocycles. The summed E-state index contributed by atoms with van der Waals surface area (Å²) < 4.78 is 0. The average Bonchev–Trinajstić information content (AvgIpc) is 2.84. The summed E-state index contributed by atoms with van der Waals surface area (Å²) in [5.74, 6) is 1.17. The van der Waals surface area contributed by atoms with E-state index in [1.807, 2.05) is 30.3 Å². The molecule has 0 saturated heterocycles. The molecule has 0 radical (unpaired) electrons. The number of anilines is 1. The smallest absolute Gasteiger partial charge is 0.203 e. The van der Waals surface area contributed by atoms with Gasteiger partial charge in [0.1, 0.15) is 0 Å². The number of hydrazone groups is 1. The van der Waals surface area contributed by atoms with E-state index in [0.29, 0.717) is 0 Å². The zero-order valence-electron chi connectivity index (χ0n) is 11.1. The second-order valence-electron chi connectivity index (χ2n) is 4.08. The summed E-state index contributed by atoms with van der Waals surface area (Å²) in [6.07, 6.45) is 3.01. The average molecular weight is 291 g/mol. The topological polar surface area (TPSA) is 37.3 Å². The standard InChI is InChI=1S/C14H17N3S2/c1-3-8-18-13-6-4-12(5-7-13)9-15-17-14-16-11(2)10-19-14/h4-7,9-10H,3,8H2,1-2H3,(H,16,17). The fraction of sp³-hybridized carbons (Fsp3) is 0.286. The highest BCUT2D eigenvalue weighted by molar-refractivity contribution is 7.99. The predicted octanol–water partition coefficient (Wildman–Crippen LogP) is 4.40. The Morgan fingerprint density at radius 2 is 2.16 bits per heavy atom. The first-order chi connectivity index (χ1) is 9.28. The maximum absolute atomic E-state index is 4.28. The second kappa shape index (κ2) is 7.31. The third-order valence-electron chi connectivity index (χ3n) is 2.35. The molecular formula is C14H17N3S2. The number of nitrogens with zero attached hydrogens (tertiary/aromatic N) is 2. The van der Waals surface area contributed by atoms with Crippen LogP contribution >= 0.6 is 23.1 Å². The third-order valence-corrected chi connectivity index (χ3v) is 4.43. The molecule has 1 N–H and O–H groups in total. The van der Waals surface area contributed by atoms with Crippen molar-refractivity contribution in [3.63, 3.8) is 0 Å². The van der Waals surface area contributed by atoms with Crippen LogP contribution in [0.3, 0.4) is 0 Å². The van der Waals surface area contributed by atoms with Gasteiger partial charge in [-0.1, -0.05) is 19.1 Å². The molecule has 1 heterocycles. The van der Waals surface area contributed by atoms with Crippen molar-refractivity contribution < 1.29 is 0 Å². The lowest BCUT2D eigenvalue weighted by Crippen LogP contribution is -1.90. The summed E-state index contributed by atoms with van der Waals surface area (Å²) in [6.45, 7) is 4.16. The highest BCUT2D eigenvalue weighted by Crippen LogP contribution is 2.18. The minimum absolute atomic E-state index is 0.823. The third kappa shape index (κ3) is 4.69. The normalized spacial score (nSPS) is 11.1. The summed E-state index contributed by atoms with van der Waals surface area (Å²) in [4.78, 5) is 5.59. The van der Waals surface area contributed by atoms with Crippen LogP contribution in [0.5, 0.6) is 0 Å². The minimum Gasteiger partial charge on any atom is -0.253 e. The van der Waals surface area contributed by atoms with Gasteiger partial charge in [0, 0.05) is 10.3 Å². The lowest BCUT2D eigenvalue weighted by molar-refractivity contribution is 1.10. The van der Waals surface area contributed by atoms with E-state index in [1.54, 1.807) is 11.3 Å². The van der Waals surface area contributed by atoms with E-state index in [4.69, 9.17) is 0 Å². The van der Waals surface area contributed by atoms with Gasteiger partial charge in [0.2, 0.25) is 5.13 Å². The highest BCUT2D eigenvalue weighted by Gasteiger charge is 1.95. The van der Waals surface area contributed by atoms with Crippen LogP contribution in [0.2, 0.25) is 0 Å². The molecule has 1 aromatic carbocycles. The first kappa shape index (κ1) is 14.1. The molecule has 1 aromatic heterocycles. The molecule has 19 heavy (non-hydrogen) atoms. The molecule has 0 amide bonds. The van der Waals surface area contributed by atoms with Crippen molar-refractivity contribution >= 4 is 34.4 Å². The Kier molecular flexibility index (Phi) is 5.42. The van der Waals surface area contributed by atoms with Gasteiger partial charge < -0.3 is 0 Å². The Morgan fingerprint density at radius 3 is 2.79 bits per heavy atom. The number of hydrogen-bond acceptors (Lipinski definition) is 5. The minimum atomic E-state index is 0.823. The molecule has 5 heteroatoms. The second-order valence-corrected chi connectivity index (χ2v) is 6.11. The van der Waals surface area contributed by atoms with Gasteiger partial charge in [-0.3, -0.25) is 5.43 Å². The van der Waals surface area contributed by atoms with Crippen molar-refractivity contribution in [3.05, 3.63) is 40.9 Å². The predicted molar refractivity (Wildman–Crippen MR) is 85.5 cm³/mol. The van der Waals surface area contributed by atoms with Gasteiger partial charge in [0.25, 0.3) is 0 Å². The largest absolute Gasteiger partial charge is 0.253 e. The SMILES string of the molecule is CCCSc1ccc(C=NNc2nc(C)cs2)cc1. The number of aryl methyl sites for hydroxylation is 1. The quantitative estimate of drug-likeness (QED) is 0.487. The van der Waals surface area contributed by atoms with Crippen LogP contribution in [0.25, 0.3) is 0 Å². The van der Waals surface area contributed by atoms with E-state index in [9.17, 15) is 0 Å². The molecule has 0 aliphatic rings. The monoisotopic (exact) mass is 291 g/mol. The van der Waals surface area contributed by atoms with Gasteiger partial charge in [-0.05, 0) is 36.8 Å². The number of thioether (sulfide) groups is 1. The van der Waals surface area contributed by atoms with E-state index >= 15 is 0 Å². The zero-order valence-corrected chi connectivity index (χ0v) is 12.7. The van der Waals surface area contributed by atoms with Gasteiger partial charge in [-0.25, -0.2) is 4.98 Å². The summed E-state index contributed by atoms with van der Waals surface area (Å²) in [5.41, 5.74) is 5.03. The highest BCUT2D eigenvalue weighted by atomic mass is 32.2. The van der Waals surface area contributed by atoms with Crippen LogP contribution < -0.4 is 5.43 Å². The summed E-state index contributed by atoms with van der Waals surface area (Å²) in [5, 5.41) is 7.00. The van der Waals surface area contributed by atoms with Gasteiger partial charge in [-0.2, -0.15) is 5.10 Å². The van der Waals surface area contributed by atoms with E-state index in [2.05, 4.69) is 46.7 Å². The molecule has 2 aromatic rings. The number of benzene rings is 1. The Bertz CT molecular complexity index is 532. The van der Waals surface area contributed by atoms with Crippen LogP contribution in [-0.4, -0.2) is 17.0 Å². The Balaban J connectivity index is 1.88. The molecule has 0 bridgehead atoms. The van der Waals surface area contributed by atoms with Crippen molar-refractivity contribution in [2.75, 3.05) is 11.2 Å². The van der Waals surface area contributed by atoms with Crippen molar-refractivity contribution in [2.45, 2.75) is 25.2 Å². The summed E-state index contributed by atoms with van der Waals surface area (Å²) >= 11 is 3.44. The molecule has 0 aliphatic carbocycles. The fourth-order valence-corrected chi connectivity index (χ4v) is 2.84. The van der Waals surface area contributed by atoms with Crippen LogP contribution in [0.15, 0.2) is 39.6 Å². The van der Waals surface area contributed by atoms with Crippen molar-refractivity contribution in [1.29, 1.82) is 0 Å². The molecule has 2 rings (SSSR count). The molecule has 0 spiro atoms. The number of aromatic nitrogens is 1. The molecule has 0 unspecified atom stereocenters. The van der Waals surface area contributed by atoms with Crippen LogP contribution in [0.1, 0.15) is 24.6 Å². The van der Waals surface area contributed by atoms with Gasteiger partial charge in [0.15, 0.2) is 0 Å². The first-order valence-electron chi connectivity index (χ1n) is 6.22. The number of thiazole rings is 1. The van der Waals surface area contributed by atoms with Crippen molar-refractivity contribution in [1.82, 2.24) is 4.98 Å². The van der Waals surface area contributed by atoms with E-state index in [0.717, 1.165) is 16.4 Å². The van der Waals surface area contributed by atoms with Crippen molar-refractivity contribution in [3.8, 4) is 0 Å². The lowest BCUT2D eigenvalue weighted by atomic mass is 10.2. The molecule has 100 valence electrons. The van der Waals surface area contributed by atoms with Crippen LogP contribution in [-0.2, 0) is 0 Å². The Morgan fingerprint density at radius 1 is 1.37 bits per heavy atom. The summed E-state index contributed by atoms with van der Waals surface area (Å²) in [6, 6.07) is 8.43. The molecule has 0 fully saturated rings. The molecule has 0 atom stereocenters. The van der Waals surface area contributed by atoms with Gasteiger partial charge >= 0.3 is 0 Å². The molecule has 0 saturated carbocycles. The van der Waals surface area contributed by atoms with Crippen molar-refractivity contribution in [2.24, 2.45) is 5.10 Å². The number of nitrogens with one attached hydrogen (secondary N) is 1. The maximum atomic E-state index is 4.28. The van der Waals surface area contributed by atoms with E-state index in [-0.39, 0.29) is 0 Å². The van der Waals surface area contributed by atoms with Crippen LogP contribution in [0.4, 0.5) is 5.13 Å². The first-order valence-corrected chi connectivity index (χ1v) is 8.08. The summed E-state index contributed by atoms with van der Waals surface area (Å²) in [7, 11) is 0. The zero-order chi connectivity index (χ0) is 13.5. The van der Waals surface area contributed by atoms with Crippen LogP contribution in [0, 0.1) is 6.92 Å². The number of hydrogen-bond donors (Lipinski definition) is 1. The van der Waals surface area contributed by atoms with E-state index < -0.39 is 0 Å². The van der Waals surface area contributed by atoms with Gasteiger partial charge in [0.05, 0.1) is 11.9 Å². The fourth-order valence-electron chi connectivity index (χ4n) is 1.44.